The lowest BCUT2D eigenvalue weighted by molar-refractivity contribution is 0.132. The van der Waals surface area contributed by atoms with Gasteiger partial charge in [0.25, 0.3) is 0 Å². The normalized spacial score (nSPS) is 14.0. The molecule has 0 bridgehead atoms. The summed E-state index contributed by atoms with van der Waals surface area (Å²) >= 11 is 0. The molecule has 0 aliphatic rings. The number of nitrogens with two attached hydrogens (primary N) is 1. The molecule has 0 aliphatic heterocycles. The summed E-state index contributed by atoms with van der Waals surface area (Å²) in [5, 5.41) is 18.8. The van der Waals surface area contributed by atoms with Crippen molar-refractivity contribution in [1.29, 1.82) is 0 Å². The van der Waals surface area contributed by atoms with Gasteiger partial charge in [-0.1, -0.05) is 30.3 Å². The molecule has 1 aromatic carbocycles. The molecule has 106 valence electrons. The van der Waals surface area contributed by atoms with Crippen molar-refractivity contribution in [1.82, 2.24) is 4.98 Å². The molecule has 4 nitrogen and oxygen atoms in total. The Balaban J connectivity index is 2.18. The van der Waals surface area contributed by atoms with Gasteiger partial charge in [-0.3, -0.25) is 4.98 Å². The van der Waals surface area contributed by atoms with Crippen LogP contribution < -0.4 is 5.73 Å². The minimum atomic E-state index is -1.01. The summed E-state index contributed by atoms with van der Waals surface area (Å²) in [6.07, 6.45) is 0.661. The number of halogens is 1. The maximum Gasteiger partial charge on any atom is 0.107 e. The summed E-state index contributed by atoms with van der Waals surface area (Å²) in [6.45, 7) is -0.859. The number of hydrogen-bond acceptors (Lipinski definition) is 4. The van der Waals surface area contributed by atoms with E-state index in [1.165, 1.54) is 0 Å². The Morgan fingerprint density at radius 1 is 1.10 bits per heavy atom. The van der Waals surface area contributed by atoms with Crippen LogP contribution in [0.5, 0.6) is 0 Å². The van der Waals surface area contributed by atoms with Crippen LogP contribution in [0.25, 0.3) is 11.1 Å². The molecule has 1 heterocycles. The predicted octanol–water partition coefficient (Wildman–Crippen LogP) is 1.57. The summed E-state index contributed by atoms with van der Waals surface area (Å²) in [4.78, 5) is 4.10. The lowest BCUT2D eigenvalue weighted by Crippen LogP contribution is -2.30. The third-order valence-corrected chi connectivity index (χ3v) is 3.16. The molecule has 2 rings (SSSR count). The molecule has 0 saturated carbocycles. The van der Waals surface area contributed by atoms with Crippen molar-refractivity contribution in [3.8, 4) is 11.1 Å². The van der Waals surface area contributed by atoms with E-state index < -0.39 is 18.8 Å². The Labute approximate surface area is 116 Å². The number of nitrogens with zero attached hydrogens (tertiary/aromatic N) is 1. The number of aliphatic hydroxyl groups excluding tert-OH is 2. The van der Waals surface area contributed by atoms with Gasteiger partial charge in [0.2, 0.25) is 0 Å². The van der Waals surface area contributed by atoms with Gasteiger partial charge >= 0.3 is 0 Å². The van der Waals surface area contributed by atoms with E-state index in [1.807, 2.05) is 18.2 Å². The fourth-order valence-electron chi connectivity index (χ4n) is 1.89. The first-order valence-electron chi connectivity index (χ1n) is 6.31. The largest absolute Gasteiger partial charge is 0.390 e. The van der Waals surface area contributed by atoms with Crippen molar-refractivity contribution in [2.75, 3.05) is 6.67 Å². The number of aliphatic hydroxyl groups is 2. The van der Waals surface area contributed by atoms with E-state index in [0.29, 0.717) is 11.3 Å². The highest BCUT2D eigenvalue weighted by Crippen LogP contribution is 2.22. The summed E-state index contributed by atoms with van der Waals surface area (Å²) in [5.41, 5.74) is 8.48. The molecule has 0 fully saturated rings. The standard InChI is InChI=1S/C15H17FN2O2/c16-7-14(17)15(20)11-3-1-10(2-4-11)12-5-6-13(9-19)18-8-12/h1-6,8,14-15,19-20H,7,9,17H2. The first-order chi connectivity index (χ1) is 9.65. The Kier molecular flexibility index (Phi) is 4.79. The number of rotatable bonds is 5. The summed E-state index contributed by atoms with van der Waals surface area (Å²) in [6, 6.07) is 9.77. The maximum absolute atomic E-state index is 12.4. The Morgan fingerprint density at radius 2 is 1.75 bits per heavy atom. The Hall–Kier alpha value is -1.82. The van der Waals surface area contributed by atoms with Gasteiger partial charge in [-0.2, -0.15) is 0 Å². The first kappa shape index (κ1) is 14.6. The Morgan fingerprint density at radius 3 is 2.25 bits per heavy atom. The first-order valence-corrected chi connectivity index (χ1v) is 6.31. The molecular formula is C15H17FN2O2. The maximum atomic E-state index is 12.4. The van der Waals surface area contributed by atoms with Gasteiger partial charge in [-0.25, -0.2) is 4.39 Å². The highest BCUT2D eigenvalue weighted by Gasteiger charge is 2.16. The Bertz CT molecular complexity index is 543. The average molecular weight is 276 g/mol. The number of benzene rings is 1. The van der Waals surface area contributed by atoms with Crippen LogP contribution in [0.3, 0.4) is 0 Å². The van der Waals surface area contributed by atoms with Gasteiger partial charge in [0.15, 0.2) is 0 Å². The van der Waals surface area contributed by atoms with Crippen molar-refractivity contribution in [3.63, 3.8) is 0 Å². The SMILES string of the molecule is NC(CF)C(O)c1ccc(-c2ccc(CO)nc2)cc1. The van der Waals surface area contributed by atoms with Crippen molar-refractivity contribution in [3.05, 3.63) is 53.9 Å². The number of alkyl halides is 1. The zero-order valence-electron chi connectivity index (χ0n) is 10.9. The molecule has 0 saturated heterocycles. The highest BCUT2D eigenvalue weighted by atomic mass is 19.1. The van der Waals surface area contributed by atoms with Crippen molar-refractivity contribution in [2.45, 2.75) is 18.8 Å². The van der Waals surface area contributed by atoms with Gasteiger partial charge < -0.3 is 15.9 Å². The van der Waals surface area contributed by atoms with E-state index in [2.05, 4.69) is 4.98 Å². The topological polar surface area (TPSA) is 79.4 Å². The second kappa shape index (κ2) is 6.56. The molecule has 4 N–H and O–H groups in total. The van der Waals surface area contributed by atoms with Gasteiger partial charge in [-0.05, 0) is 17.2 Å². The molecule has 0 spiro atoms. The van der Waals surface area contributed by atoms with E-state index in [4.69, 9.17) is 10.8 Å². The van der Waals surface area contributed by atoms with Gasteiger partial charge in [0, 0.05) is 11.8 Å². The van der Waals surface area contributed by atoms with Crippen molar-refractivity contribution >= 4 is 0 Å². The second-order valence-electron chi connectivity index (χ2n) is 4.58. The van der Waals surface area contributed by atoms with E-state index in [9.17, 15) is 9.50 Å². The van der Waals surface area contributed by atoms with Crippen LogP contribution in [0.1, 0.15) is 17.4 Å². The van der Waals surface area contributed by atoms with Crippen molar-refractivity contribution < 1.29 is 14.6 Å². The van der Waals surface area contributed by atoms with Crippen LogP contribution in [-0.4, -0.2) is 27.9 Å². The number of aromatic nitrogens is 1. The lowest BCUT2D eigenvalue weighted by Gasteiger charge is -2.16. The molecule has 2 unspecified atom stereocenters. The smallest absolute Gasteiger partial charge is 0.107 e. The average Bonchev–Trinajstić information content (AvgIpc) is 2.53. The zero-order valence-corrected chi connectivity index (χ0v) is 10.9. The minimum absolute atomic E-state index is 0.0907. The molecule has 20 heavy (non-hydrogen) atoms. The fraction of sp³-hybridized carbons (Fsp3) is 0.267. The van der Waals surface area contributed by atoms with Crippen LogP contribution in [0, 0.1) is 0 Å². The molecular weight excluding hydrogens is 259 g/mol. The van der Waals surface area contributed by atoms with Crippen molar-refractivity contribution in [2.24, 2.45) is 5.73 Å². The lowest BCUT2D eigenvalue weighted by atomic mass is 10.00. The summed E-state index contributed by atoms with van der Waals surface area (Å²) in [5.74, 6) is 0. The molecule has 0 amide bonds. The quantitative estimate of drug-likeness (QED) is 0.774. The van der Waals surface area contributed by atoms with E-state index in [-0.39, 0.29) is 6.61 Å². The van der Waals surface area contributed by atoms with Crippen LogP contribution in [0.15, 0.2) is 42.6 Å². The van der Waals surface area contributed by atoms with Gasteiger partial charge in [-0.15, -0.1) is 0 Å². The highest BCUT2D eigenvalue weighted by molar-refractivity contribution is 5.62. The van der Waals surface area contributed by atoms with Crippen LogP contribution in [0.2, 0.25) is 0 Å². The van der Waals surface area contributed by atoms with E-state index in [1.54, 1.807) is 24.4 Å². The molecule has 0 aliphatic carbocycles. The van der Waals surface area contributed by atoms with E-state index in [0.717, 1.165) is 11.1 Å². The molecule has 2 aromatic rings. The van der Waals surface area contributed by atoms with Crippen LogP contribution in [-0.2, 0) is 6.61 Å². The molecule has 0 radical (unpaired) electrons. The molecule has 1 aromatic heterocycles. The van der Waals surface area contributed by atoms with Gasteiger partial charge in [0.05, 0.1) is 24.4 Å². The zero-order chi connectivity index (χ0) is 14.5. The third-order valence-electron chi connectivity index (χ3n) is 3.16. The number of hydrogen-bond donors (Lipinski definition) is 3. The van der Waals surface area contributed by atoms with E-state index >= 15 is 0 Å². The summed E-state index contributed by atoms with van der Waals surface area (Å²) in [7, 11) is 0. The third kappa shape index (κ3) is 3.19. The monoisotopic (exact) mass is 276 g/mol. The van der Waals surface area contributed by atoms with Gasteiger partial charge in [0.1, 0.15) is 6.67 Å². The predicted molar refractivity (Wildman–Crippen MR) is 74.5 cm³/mol. The fourth-order valence-corrected chi connectivity index (χ4v) is 1.89. The molecule has 2 atom stereocenters. The summed E-state index contributed by atoms with van der Waals surface area (Å²) < 4.78 is 12.4. The minimum Gasteiger partial charge on any atom is -0.390 e. The van der Waals surface area contributed by atoms with Crippen LogP contribution in [0.4, 0.5) is 4.39 Å². The van der Waals surface area contributed by atoms with Crippen LogP contribution >= 0.6 is 0 Å². The molecule has 5 heteroatoms. The second-order valence-corrected chi connectivity index (χ2v) is 4.58. The number of pyridine rings is 1.